The molecule has 0 bridgehead atoms. The number of alkyl halides is 1. The van der Waals surface area contributed by atoms with E-state index in [-0.39, 0.29) is 0 Å². The maximum Gasteiger partial charge on any atom is 0.127 e. The molecule has 102 valence electrons. The summed E-state index contributed by atoms with van der Waals surface area (Å²) >= 11 is 5.94. The summed E-state index contributed by atoms with van der Waals surface area (Å²) in [4.78, 5) is 2.21. The maximum atomic E-state index is 5.94. The van der Waals surface area contributed by atoms with E-state index in [9.17, 15) is 0 Å². The third kappa shape index (κ3) is 2.99. The SMILES string of the molecule is COc1c(C)c(C)cc(C)c1C(CCCl)N(C)C. The van der Waals surface area contributed by atoms with Gasteiger partial charge < -0.3 is 9.64 Å². The minimum absolute atomic E-state index is 0.303. The minimum Gasteiger partial charge on any atom is -0.496 e. The van der Waals surface area contributed by atoms with Crippen LogP contribution < -0.4 is 4.74 Å². The standard InChI is InChI=1S/C15H24ClNO/c1-10-9-11(2)14(15(18-6)12(10)3)13(7-8-16)17(4)5/h9,13H,7-8H2,1-6H3. The van der Waals surface area contributed by atoms with Crippen LogP contribution in [-0.4, -0.2) is 32.0 Å². The van der Waals surface area contributed by atoms with Gasteiger partial charge in [0.05, 0.1) is 7.11 Å². The summed E-state index contributed by atoms with van der Waals surface area (Å²) in [5, 5.41) is 0. The van der Waals surface area contributed by atoms with Crippen LogP contribution in [0.25, 0.3) is 0 Å². The highest BCUT2D eigenvalue weighted by atomic mass is 35.5. The minimum atomic E-state index is 0.303. The molecular weight excluding hydrogens is 246 g/mol. The molecule has 0 aliphatic rings. The molecule has 1 rings (SSSR count). The summed E-state index contributed by atoms with van der Waals surface area (Å²) in [6, 6.07) is 2.54. The molecule has 0 fully saturated rings. The molecule has 1 unspecified atom stereocenters. The highest BCUT2D eigenvalue weighted by Gasteiger charge is 2.22. The van der Waals surface area contributed by atoms with Crippen molar-refractivity contribution in [2.24, 2.45) is 0 Å². The lowest BCUT2D eigenvalue weighted by atomic mass is 9.92. The number of hydrogen-bond donors (Lipinski definition) is 0. The van der Waals surface area contributed by atoms with Gasteiger partial charge in [-0.25, -0.2) is 0 Å². The van der Waals surface area contributed by atoms with E-state index in [1.807, 2.05) is 0 Å². The Bertz CT molecular complexity index is 415. The molecule has 0 aliphatic heterocycles. The van der Waals surface area contributed by atoms with Crippen LogP contribution in [-0.2, 0) is 0 Å². The number of aryl methyl sites for hydroxylation is 2. The fraction of sp³-hybridized carbons (Fsp3) is 0.600. The summed E-state index contributed by atoms with van der Waals surface area (Å²) in [7, 11) is 5.93. The van der Waals surface area contributed by atoms with Crippen LogP contribution in [0.1, 0.15) is 34.7 Å². The lowest BCUT2D eigenvalue weighted by molar-refractivity contribution is 0.281. The number of rotatable bonds is 5. The molecule has 18 heavy (non-hydrogen) atoms. The first-order chi connectivity index (χ1) is 8.43. The first kappa shape index (κ1) is 15.3. The van der Waals surface area contributed by atoms with Crippen LogP contribution in [0.2, 0.25) is 0 Å². The maximum absolute atomic E-state index is 5.94. The van der Waals surface area contributed by atoms with Crippen molar-refractivity contribution in [1.29, 1.82) is 0 Å². The zero-order valence-electron chi connectivity index (χ0n) is 12.3. The third-order valence-electron chi connectivity index (χ3n) is 3.58. The zero-order valence-corrected chi connectivity index (χ0v) is 13.1. The lowest BCUT2D eigenvalue weighted by Gasteiger charge is -2.28. The van der Waals surface area contributed by atoms with Crippen molar-refractivity contribution in [2.75, 3.05) is 27.1 Å². The first-order valence-electron chi connectivity index (χ1n) is 6.31. The topological polar surface area (TPSA) is 12.5 Å². The zero-order chi connectivity index (χ0) is 13.9. The largest absolute Gasteiger partial charge is 0.496 e. The highest BCUT2D eigenvalue weighted by molar-refractivity contribution is 6.17. The third-order valence-corrected chi connectivity index (χ3v) is 3.80. The fourth-order valence-electron chi connectivity index (χ4n) is 2.51. The molecule has 1 aromatic rings. The van der Waals surface area contributed by atoms with Gasteiger partial charge >= 0.3 is 0 Å². The first-order valence-corrected chi connectivity index (χ1v) is 6.84. The molecule has 0 aliphatic carbocycles. The molecule has 0 N–H and O–H groups in total. The lowest BCUT2D eigenvalue weighted by Crippen LogP contribution is -2.22. The highest BCUT2D eigenvalue weighted by Crippen LogP contribution is 2.37. The molecule has 3 heteroatoms. The van der Waals surface area contributed by atoms with Gasteiger partial charge in [0.25, 0.3) is 0 Å². The van der Waals surface area contributed by atoms with Crippen LogP contribution >= 0.6 is 11.6 Å². The molecule has 0 spiro atoms. The Labute approximate surface area is 116 Å². The van der Waals surface area contributed by atoms with Gasteiger partial charge in [-0.3, -0.25) is 0 Å². The molecular formula is C15H24ClNO. The Balaban J connectivity index is 3.41. The summed E-state index contributed by atoms with van der Waals surface area (Å²) < 4.78 is 5.65. The Morgan fingerprint density at radius 2 is 1.83 bits per heavy atom. The van der Waals surface area contributed by atoms with Crippen molar-refractivity contribution in [1.82, 2.24) is 4.90 Å². The second-order valence-corrected chi connectivity index (χ2v) is 5.42. The van der Waals surface area contributed by atoms with Crippen LogP contribution in [0.3, 0.4) is 0 Å². The van der Waals surface area contributed by atoms with E-state index < -0.39 is 0 Å². The van der Waals surface area contributed by atoms with Gasteiger partial charge in [-0.1, -0.05) is 6.07 Å². The second-order valence-electron chi connectivity index (χ2n) is 5.04. The fourth-order valence-corrected chi connectivity index (χ4v) is 2.72. The van der Waals surface area contributed by atoms with Crippen LogP contribution in [0.15, 0.2) is 6.07 Å². The number of nitrogens with zero attached hydrogens (tertiary/aromatic N) is 1. The van der Waals surface area contributed by atoms with Gasteiger partial charge in [-0.15, -0.1) is 11.6 Å². The summed E-state index contributed by atoms with van der Waals surface area (Å²) in [6.07, 6.45) is 0.925. The van der Waals surface area contributed by atoms with Crippen molar-refractivity contribution in [2.45, 2.75) is 33.2 Å². The number of benzene rings is 1. The average molecular weight is 270 g/mol. The number of hydrogen-bond acceptors (Lipinski definition) is 2. The number of methoxy groups -OCH3 is 1. The van der Waals surface area contributed by atoms with E-state index in [0.717, 1.165) is 12.2 Å². The molecule has 0 aromatic heterocycles. The smallest absolute Gasteiger partial charge is 0.127 e. The molecule has 1 aromatic carbocycles. The predicted octanol–water partition coefficient (Wildman–Crippen LogP) is 3.85. The monoisotopic (exact) mass is 269 g/mol. The molecule has 1 atom stereocenters. The van der Waals surface area contributed by atoms with E-state index in [1.54, 1.807) is 7.11 Å². The average Bonchev–Trinajstić information content (AvgIpc) is 2.30. The molecule has 0 saturated carbocycles. The van der Waals surface area contributed by atoms with Crippen LogP contribution in [0, 0.1) is 20.8 Å². The molecule has 0 saturated heterocycles. The Morgan fingerprint density at radius 3 is 2.28 bits per heavy atom. The van der Waals surface area contributed by atoms with E-state index in [0.29, 0.717) is 11.9 Å². The summed E-state index contributed by atoms with van der Waals surface area (Å²) in [5.41, 5.74) is 5.04. The van der Waals surface area contributed by atoms with Gasteiger partial charge in [0.15, 0.2) is 0 Å². The Kier molecular flexibility index (Phi) is 5.48. The second kappa shape index (κ2) is 6.44. The van der Waals surface area contributed by atoms with Crippen molar-refractivity contribution in [3.63, 3.8) is 0 Å². The van der Waals surface area contributed by atoms with Crippen molar-refractivity contribution in [3.8, 4) is 5.75 Å². The van der Waals surface area contributed by atoms with Gasteiger partial charge in [0, 0.05) is 17.5 Å². The molecule has 2 nitrogen and oxygen atoms in total. The van der Waals surface area contributed by atoms with Crippen LogP contribution in [0.5, 0.6) is 5.75 Å². The molecule has 0 amide bonds. The van der Waals surface area contributed by atoms with Crippen LogP contribution in [0.4, 0.5) is 0 Å². The van der Waals surface area contributed by atoms with Gasteiger partial charge in [-0.05, 0) is 58.0 Å². The van der Waals surface area contributed by atoms with E-state index in [1.165, 1.54) is 22.3 Å². The predicted molar refractivity (Wildman–Crippen MR) is 79.0 cm³/mol. The quantitative estimate of drug-likeness (QED) is 0.753. The summed E-state index contributed by atoms with van der Waals surface area (Å²) in [6.45, 7) is 6.39. The van der Waals surface area contributed by atoms with E-state index >= 15 is 0 Å². The van der Waals surface area contributed by atoms with Gasteiger partial charge in [0.1, 0.15) is 5.75 Å². The number of halogens is 1. The Morgan fingerprint density at radius 1 is 1.22 bits per heavy atom. The normalized spacial score (nSPS) is 12.9. The van der Waals surface area contributed by atoms with Crippen molar-refractivity contribution < 1.29 is 4.74 Å². The van der Waals surface area contributed by atoms with E-state index in [4.69, 9.17) is 16.3 Å². The number of ether oxygens (including phenoxy) is 1. The van der Waals surface area contributed by atoms with Crippen molar-refractivity contribution >= 4 is 11.6 Å². The molecule has 0 radical (unpaired) electrons. The Hall–Kier alpha value is -0.730. The van der Waals surface area contributed by atoms with E-state index in [2.05, 4.69) is 45.8 Å². The molecule has 0 heterocycles. The summed E-state index contributed by atoms with van der Waals surface area (Å²) in [5.74, 6) is 1.66. The van der Waals surface area contributed by atoms with Gasteiger partial charge in [-0.2, -0.15) is 0 Å². The van der Waals surface area contributed by atoms with Crippen molar-refractivity contribution in [3.05, 3.63) is 28.3 Å². The van der Waals surface area contributed by atoms with Gasteiger partial charge in [0.2, 0.25) is 0 Å².